The third kappa shape index (κ3) is 2.96. The van der Waals surface area contributed by atoms with Gasteiger partial charge >= 0.3 is 6.09 Å². The molecule has 0 unspecified atom stereocenters. The summed E-state index contributed by atoms with van der Waals surface area (Å²) < 4.78 is 4.49. The highest BCUT2D eigenvalue weighted by atomic mass is 32.2. The van der Waals surface area contributed by atoms with Gasteiger partial charge in [0.2, 0.25) is 0 Å². The van der Waals surface area contributed by atoms with E-state index in [2.05, 4.69) is 10.1 Å². The minimum atomic E-state index is -0.402. The van der Waals surface area contributed by atoms with E-state index in [4.69, 9.17) is 0 Å². The van der Waals surface area contributed by atoms with Crippen LogP contribution < -0.4 is 5.32 Å². The predicted octanol–water partition coefficient (Wildman–Crippen LogP) is 2.26. The summed E-state index contributed by atoms with van der Waals surface area (Å²) in [6.45, 7) is 0.504. The van der Waals surface area contributed by atoms with Gasteiger partial charge in [-0.25, -0.2) is 4.79 Å². The van der Waals surface area contributed by atoms with Crippen molar-refractivity contribution in [3.63, 3.8) is 0 Å². The standard InChI is InChI=1S/C10H13NO2S/c1-13-10(12)11-7-8-5-3-4-6-9(8)14-2/h3-6H,7H2,1-2H3,(H,11,12). The number of carbonyl (C=O) groups is 1. The van der Waals surface area contributed by atoms with E-state index in [0.717, 1.165) is 5.56 Å². The maximum absolute atomic E-state index is 10.8. The van der Waals surface area contributed by atoms with E-state index in [1.165, 1.54) is 12.0 Å². The zero-order valence-corrected chi connectivity index (χ0v) is 9.06. The number of hydrogen-bond acceptors (Lipinski definition) is 3. The Balaban J connectivity index is 2.61. The molecule has 0 spiro atoms. The molecule has 3 nitrogen and oxygen atoms in total. The molecule has 1 amide bonds. The molecule has 14 heavy (non-hydrogen) atoms. The number of rotatable bonds is 3. The van der Waals surface area contributed by atoms with Crippen molar-refractivity contribution >= 4 is 17.9 Å². The van der Waals surface area contributed by atoms with Gasteiger partial charge in [0.25, 0.3) is 0 Å². The first kappa shape index (κ1) is 10.9. The van der Waals surface area contributed by atoms with Crippen molar-refractivity contribution in [1.29, 1.82) is 0 Å². The molecule has 0 radical (unpaired) electrons. The Morgan fingerprint density at radius 3 is 2.86 bits per heavy atom. The van der Waals surface area contributed by atoms with Gasteiger partial charge < -0.3 is 10.1 Å². The molecule has 1 aromatic carbocycles. The minimum absolute atomic E-state index is 0.402. The van der Waals surface area contributed by atoms with E-state index < -0.39 is 6.09 Å². The van der Waals surface area contributed by atoms with Crippen molar-refractivity contribution in [2.24, 2.45) is 0 Å². The van der Waals surface area contributed by atoms with Crippen LogP contribution in [0, 0.1) is 0 Å². The van der Waals surface area contributed by atoms with Gasteiger partial charge in [-0.1, -0.05) is 18.2 Å². The van der Waals surface area contributed by atoms with E-state index in [1.807, 2.05) is 30.5 Å². The van der Waals surface area contributed by atoms with Crippen LogP contribution in [0.5, 0.6) is 0 Å². The smallest absolute Gasteiger partial charge is 0.407 e. The van der Waals surface area contributed by atoms with E-state index in [9.17, 15) is 4.79 Å². The maximum atomic E-state index is 10.8. The Hall–Kier alpha value is -1.16. The molecule has 0 fully saturated rings. The Morgan fingerprint density at radius 1 is 1.50 bits per heavy atom. The number of benzene rings is 1. The first-order chi connectivity index (χ1) is 6.77. The van der Waals surface area contributed by atoms with Crippen LogP contribution in [0.1, 0.15) is 5.56 Å². The fraction of sp³-hybridized carbons (Fsp3) is 0.300. The van der Waals surface area contributed by atoms with Crippen LogP contribution in [0.2, 0.25) is 0 Å². The molecule has 1 aromatic rings. The third-order valence-electron chi connectivity index (χ3n) is 1.80. The largest absolute Gasteiger partial charge is 0.453 e. The number of methoxy groups -OCH3 is 1. The quantitative estimate of drug-likeness (QED) is 0.779. The maximum Gasteiger partial charge on any atom is 0.407 e. The van der Waals surface area contributed by atoms with Gasteiger partial charge in [-0.2, -0.15) is 0 Å². The van der Waals surface area contributed by atoms with Crippen LogP contribution in [0.25, 0.3) is 0 Å². The van der Waals surface area contributed by atoms with Gasteiger partial charge in [0.15, 0.2) is 0 Å². The topological polar surface area (TPSA) is 38.3 Å². The second-order valence-corrected chi connectivity index (χ2v) is 3.51. The minimum Gasteiger partial charge on any atom is -0.453 e. The van der Waals surface area contributed by atoms with Crippen molar-refractivity contribution in [3.05, 3.63) is 29.8 Å². The number of ether oxygens (including phenoxy) is 1. The first-order valence-corrected chi connectivity index (χ1v) is 5.44. The SMILES string of the molecule is COC(=O)NCc1ccccc1SC. The van der Waals surface area contributed by atoms with Gasteiger partial charge in [0.1, 0.15) is 0 Å². The summed E-state index contributed by atoms with van der Waals surface area (Å²) in [6, 6.07) is 7.95. The summed E-state index contributed by atoms with van der Waals surface area (Å²) in [4.78, 5) is 12.0. The third-order valence-corrected chi connectivity index (χ3v) is 2.64. The summed E-state index contributed by atoms with van der Waals surface area (Å²) in [5, 5.41) is 2.65. The summed E-state index contributed by atoms with van der Waals surface area (Å²) in [6.07, 6.45) is 1.61. The summed E-state index contributed by atoms with van der Waals surface area (Å²) in [5.41, 5.74) is 1.10. The van der Waals surface area contributed by atoms with E-state index in [-0.39, 0.29) is 0 Å². The summed E-state index contributed by atoms with van der Waals surface area (Å²) in [5.74, 6) is 0. The summed E-state index contributed by atoms with van der Waals surface area (Å²) >= 11 is 1.66. The molecule has 0 aromatic heterocycles. The molecule has 0 saturated heterocycles. The average molecular weight is 211 g/mol. The van der Waals surface area contributed by atoms with Gasteiger partial charge in [0.05, 0.1) is 7.11 Å². The fourth-order valence-corrected chi connectivity index (χ4v) is 1.71. The van der Waals surface area contributed by atoms with Crippen LogP contribution in [0.4, 0.5) is 4.79 Å². The normalized spacial score (nSPS) is 9.57. The second-order valence-electron chi connectivity index (χ2n) is 2.66. The molecule has 0 atom stereocenters. The molecule has 0 aliphatic heterocycles. The Labute approximate surface area is 87.8 Å². The lowest BCUT2D eigenvalue weighted by Gasteiger charge is -2.07. The zero-order chi connectivity index (χ0) is 10.4. The monoisotopic (exact) mass is 211 g/mol. The van der Waals surface area contributed by atoms with E-state index >= 15 is 0 Å². The zero-order valence-electron chi connectivity index (χ0n) is 8.24. The lowest BCUT2D eigenvalue weighted by Crippen LogP contribution is -2.22. The molecule has 1 N–H and O–H groups in total. The van der Waals surface area contributed by atoms with Gasteiger partial charge in [-0.15, -0.1) is 11.8 Å². The Morgan fingerprint density at radius 2 is 2.21 bits per heavy atom. The van der Waals surface area contributed by atoms with Crippen LogP contribution in [-0.2, 0) is 11.3 Å². The van der Waals surface area contributed by atoms with Crippen LogP contribution >= 0.6 is 11.8 Å². The lowest BCUT2D eigenvalue weighted by molar-refractivity contribution is 0.170. The molecule has 76 valence electrons. The molecular formula is C10H13NO2S. The van der Waals surface area contributed by atoms with Crippen LogP contribution in [-0.4, -0.2) is 19.5 Å². The number of alkyl carbamates (subject to hydrolysis) is 1. The van der Waals surface area contributed by atoms with Crippen LogP contribution in [0.15, 0.2) is 29.2 Å². The highest BCUT2D eigenvalue weighted by Gasteiger charge is 2.02. The summed E-state index contributed by atoms with van der Waals surface area (Å²) in [7, 11) is 1.36. The van der Waals surface area contributed by atoms with Crippen molar-refractivity contribution in [2.75, 3.05) is 13.4 Å². The van der Waals surface area contributed by atoms with Crippen LogP contribution in [0.3, 0.4) is 0 Å². The molecule has 0 aliphatic rings. The van der Waals surface area contributed by atoms with E-state index in [1.54, 1.807) is 11.8 Å². The van der Waals surface area contributed by atoms with Crippen molar-refractivity contribution in [1.82, 2.24) is 5.32 Å². The molecule has 0 heterocycles. The predicted molar refractivity (Wildman–Crippen MR) is 57.5 cm³/mol. The number of nitrogens with one attached hydrogen (secondary N) is 1. The Bertz CT molecular complexity index is 315. The first-order valence-electron chi connectivity index (χ1n) is 4.21. The molecular weight excluding hydrogens is 198 g/mol. The fourth-order valence-electron chi connectivity index (χ4n) is 1.09. The Kier molecular flexibility index (Phi) is 4.32. The molecule has 1 rings (SSSR count). The molecule has 0 bridgehead atoms. The number of hydrogen-bond donors (Lipinski definition) is 1. The molecule has 0 saturated carbocycles. The molecule has 4 heteroatoms. The highest BCUT2D eigenvalue weighted by molar-refractivity contribution is 7.98. The number of carbonyl (C=O) groups excluding carboxylic acids is 1. The van der Waals surface area contributed by atoms with Crippen molar-refractivity contribution in [3.8, 4) is 0 Å². The average Bonchev–Trinajstić information content (AvgIpc) is 2.26. The number of amides is 1. The van der Waals surface area contributed by atoms with E-state index in [0.29, 0.717) is 6.54 Å². The van der Waals surface area contributed by atoms with Crippen molar-refractivity contribution < 1.29 is 9.53 Å². The van der Waals surface area contributed by atoms with Gasteiger partial charge in [-0.05, 0) is 17.9 Å². The van der Waals surface area contributed by atoms with Gasteiger partial charge in [0, 0.05) is 11.4 Å². The highest BCUT2D eigenvalue weighted by Crippen LogP contribution is 2.19. The second kappa shape index (κ2) is 5.54. The lowest BCUT2D eigenvalue weighted by atomic mass is 10.2. The van der Waals surface area contributed by atoms with Gasteiger partial charge in [-0.3, -0.25) is 0 Å². The van der Waals surface area contributed by atoms with Crippen molar-refractivity contribution in [2.45, 2.75) is 11.4 Å². The molecule has 0 aliphatic carbocycles. The number of thioether (sulfide) groups is 1.